The van der Waals surface area contributed by atoms with Gasteiger partial charge in [0, 0.05) is 19.6 Å². The Morgan fingerprint density at radius 3 is 2.25 bits per heavy atom. The van der Waals surface area contributed by atoms with E-state index in [1.54, 1.807) is 0 Å². The van der Waals surface area contributed by atoms with Crippen molar-refractivity contribution >= 4 is 11.8 Å². The average molecular weight is 227 g/mol. The lowest BCUT2D eigenvalue weighted by Gasteiger charge is -2.19. The van der Waals surface area contributed by atoms with Crippen LogP contribution in [0.25, 0.3) is 0 Å². The smallest absolute Gasteiger partial charge is 0.309 e. The Bertz CT molecular complexity index is 272. The lowest BCUT2D eigenvalue weighted by atomic mass is 9.92. The molecule has 0 bridgehead atoms. The van der Waals surface area contributed by atoms with Gasteiger partial charge in [0.05, 0.1) is 0 Å². The average Bonchev–Trinajstić information content (AvgIpc) is 3.03. The summed E-state index contributed by atoms with van der Waals surface area (Å²) in [5.41, 5.74) is 5.45. The summed E-state index contributed by atoms with van der Waals surface area (Å²) < 4.78 is 0. The van der Waals surface area contributed by atoms with Crippen molar-refractivity contribution in [2.75, 3.05) is 19.6 Å². The Balaban J connectivity index is 2.27. The Kier molecular flexibility index (Phi) is 4.29. The largest absolute Gasteiger partial charge is 0.347 e. The van der Waals surface area contributed by atoms with Gasteiger partial charge in [-0.05, 0) is 24.2 Å². The standard InChI is InChI=1S/C11H21N3O2/c1-8(2)11(3-4-11)7-14-10(16)9(15)13-6-5-12/h8H,3-7,12H2,1-2H3,(H,13,15)(H,14,16). The van der Waals surface area contributed by atoms with Crippen molar-refractivity contribution < 1.29 is 9.59 Å². The highest BCUT2D eigenvalue weighted by molar-refractivity contribution is 6.35. The molecule has 0 unspecified atom stereocenters. The van der Waals surface area contributed by atoms with Gasteiger partial charge in [-0.1, -0.05) is 13.8 Å². The van der Waals surface area contributed by atoms with Gasteiger partial charge in [0.2, 0.25) is 0 Å². The molecule has 1 rings (SSSR count). The number of nitrogens with one attached hydrogen (secondary N) is 2. The molecule has 2 amide bonds. The van der Waals surface area contributed by atoms with Crippen LogP contribution >= 0.6 is 0 Å². The third-order valence-corrected chi connectivity index (χ3v) is 3.35. The van der Waals surface area contributed by atoms with Gasteiger partial charge in [-0.25, -0.2) is 0 Å². The molecule has 1 saturated carbocycles. The van der Waals surface area contributed by atoms with Gasteiger partial charge in [0.1, 0.15) is 0 Å². The maximum atomic E-state index is 11.4. The highest BCUT2D eigenvalue weighted by atomic mass is 16.2. The van der Waals surface area contributed by atoms with Crippen molar-refractivity contribution in [1.29, 1.82) is 0 Å². The first-order valence-corrected chi connectivity index (χ1v) is 5.78. The first kappa shape index (κ1) is 13.0. The predicted octanol–water partition coefficient (Wildman–Crippen LogP) is -0.386. The molecule has 0 atom stereocenters. The lowest BCUT2D eigenvalue weighted by Crippen LogP contribution is -2.44. The second kappa shape index (κ2) is 5.30. The van der Waals surface area contributed by atoms with E-state index in [9.17, 15) is 9.59 Å². The summed E-state index contributed by atoms with van der Waals surface area (Å²) in [7, 11) is 0. The van der Waals surface area contributed by atoms with Crippen molar-refractivity contribution in [3.63, 3.8) is 0 Å². The van der Waals surface area contributed by atoms with E-state index in [-0.39, 0.29) is 5.41 Å². The minimum atomic E-state index is -0.593. The Hall–Kier alpha value is -1.10. The topological polar surface area (TPSA) is 84.2 Å². The molecular formula is C11H21N3O2. The summed E-state index contributed by atoms with van der Waals surface area (Å²) in [5, 5.41) is 5.13. The SMILES string of the molecule is CC(C)C1(CNC(=O)C(=O)NCCN)CC1. The van der Waals surface area contributed by atoms with E-state index in [1.165, 1.54) is 0 Å². The molecule has 0 aromatic heterocycles. The van der Waals surface area contributed by atoms with Crippen LogP contribution in [0, 0.1) is 11.3 Å². The van der Waals surface area contributed by atoms with E-state index in [0.717, 1.165) is 12.8 Å². The highest BCUT2D eigenvalue weighted by Crippen LogP contribution is 2.51. The molecule has 0 aromatic carbocycles. The maximum absolute atomic E-state index is 11.4. The number of hydrogen-bond donors (Lipinski definition) is 3. The molecule has 0 aliphatic heterocycles. The molecule has 16 heavy (non-hydrogen) atoms. The van der Waals surface area contributed by atoms with E-state index in [0.29, 0.717) is 25.6 Å². The van der Waals surface area contributed by atoms with E-state index < -0.39 is 11.8 Å². The van der Waals surface area contributed by atoms with Gasteiger partial charge < -0.3 is 16.4 Å². The minimum absolute atomic E-state index is 0.226. The van der Waals surface area contributed by atoms with Crippen LogP contribution in [-0.4, -0.2) is 31.4 Å². The van der Waals surface area contributed by atoms with Gasteiger partial charge in [-0.2, -0.15) is 0 Å². The van der Waals surface area contributed by atoms with Gasteiger partial charge >= 0.3 is 11.8 Å². The predicted molar refractivity (Wildman–Crippen MR) is 61.6 cm³/mol. The molecule has 0 spiro atoms. The molecule has 5 heteroatoms. The van der Waals surface area contributed by atoms with Gasteiger partial charge in [-0.3, -0.25) is 9.59 Å². The van der Waals surface area contributed by atoms with E-state index in [2.05, 4.69) is 24.5 Å². The van der Waals surface area contributed by atoms with Crippen LogP contribution in [0.1, 0.15) is 26.7 Å². The second-order valence-electron chi connectivity index (χ2n) is 4.74. The number of rotatable bonds is 5. The lowest BCUT2D eigenvalue weighted by molar-refractivity contribution is -0.139. The summed E-state index contributed by atoms with van der Waals surface area (Å²) >= 11 is 0. The zero-order valence-electron chi connectivity index (χ0n) is 10.0. The first-order chi connectivity index (χ1) is 7.52. The summed E-state index contributed by atoms with van der Waals surface area (Å²) in [6.07, 6.45) is 2.27. The monoisotopic (exact) mass is 227 g/mol. The summed E-state index contributed by atoms with van der Waals surface area (Å²) in [4.78, 5) is 22.6. The Morgan fingerprint density at radius 1 is 1.25 bits per heavy atom. The van der Waals surface area contributed by atoms with Crippen LogP contribution in [0.3, 0.4) is 0 Å². The fourth-order valence-electron chi connectivity index (χ4n) is 1.72. The molecule has 0 aromatic rings. The molecule has 0 saturated heterocycles. The molecular weight excluding hydrogens is 206 g/mol. The zero-order chi connectivity index (χ0) is 12.2. The van der Waals surface area contributed by atoms with E-state index in [4.69, 9.17) is 5.73 Å². The van der Waals surface area contributed by atoms with Gasteiger partial charge in [0.25, 0.3) is 0 Å². The van der Waals surface area contributed by atoms with Crippen molar-refractivity contribution in [2.24, 2.45) is 17.1 Å². The minimum Gasteiger partial charge on any atom is -0.347 e. The van der Waals surface area contributed by atoms with Crippen LogP contribution in [0.5, 0.6) is 0 Å². The van der Waals surface area contributed by atoms with Crippen LogP contribution in [-0.2, 0) is 9.59 Å². The molecule has 92 valence electrons. The maximum Gasteiger partial charge on any atom is 0.309 e. The fourth-order valence-corrected chi connectivity index (χ4v) is 1.72. The molecule has 1 aliphatic carbocycles. The van der Waals surface area contributed by atoms with Crippen LogP contribution in [0.4, 0.5) is 0 Å². The van der Waals surface area contributed by atoms with Crippen molar-refractivity contribution in [1.82, 2.24) is 10.6 Å². The number of carbonyl (C=O) groups excluding carboxylic acids is 2. The second-order valence-corrected chi connectivity index (χ2v) is 4.74. The van der Waals surface area contributed by atoms with Crippen LogP contribution in [0.2, 0.25) is 0 Å². The van der Waals surface area contributed by atoms with E-state index in [1.807, 2.05) is 0 Å². The molecule has 4 N–H and O–H groups in total. The molecule has 0 radical (unpaired) electrons. The normalized spacial score (nSPS) is 17.0. The third-order valence-electron chi connectivity index (χ3n) is 3.35. The Morgan fingerprint density at radius 2 is 1.81 bits per heavy atom. The molecule has 1 fully saturated rings. The number of hydrogen-bond acceptors (Lipinski definition) is 3. The molecule has 0 heterocycles. The third kappa shape index (κ3) is 3.20. The molecule has 1 aliphatic rings. The fraction of sp³-hybridized carbons (Fsp3) is 0.818. The van der Waals surface area contributed by atoms with Crippen molar-refractivity contribution in [3.8, 4) is 0 Å². The van der Waals surface area contributed by atoms with Crippen molar-refractivity contribution in [3.05, 3.63) is 0 Å². The van der Waals surface area contributed by atoms with Crippen molar-refractivity contribution in [2.45, 2.75) is 26.7 Å². The first-order valence-electron chi connectivity index (χ1n) is 5.78. The van der Waals surface area contributed by atoms with Crippen LogP contribution in [0.15, 0.2) is 0 Å². The van der Waals surface area contributed by atoms with Gasteiger partial charge in [0.15, 0.2) is 0 Å². The highest BCUT2D eigenvalue weighted by Gasteiger charge is 2.45. The quantitative estimate of drug-likeness (QED) is 0.559. The van der Waals surface area contributed by atoms with Crippen LogP contribution < -0.4 is 16.4 Å². The summed E-state index contributed by atoms with van der Waals surface area (Å²) in [6, 6.07) is 0. The van der Waals surface area contributed by atoms with Gasteiger partial charge in [-0.15, -0.1) is 0 Å². The van der Waals surface area contributed by atoms with E-state index >= 15 is 0 Å². The molecule has 5 nitrogen and oxygen atoms in total. The summed E-state index contributed by atoms with van der Waals surface area (Å²) in [5.74, 6) is -0.606. The number of carbonyl (C=O) groups is 2. The Labute approximate surface area is 96.1 Å². The number of nitrogens with two attached hydrogens (primary N) is 1. The zero-order valence-corrected chi connectivity index (χ0v) is 10.0. The summed E-state index contributed by atoms with van der Waals surface area (Å²) in [6.45, 7) is 5.57. The number of amides is 2.